The first kappa shape index (κ1) is 15.0. The van der Waals surface area contributed by atoms with E-state index in [4.69, 9.17) is 16.7 Å². The van der Waals surface area contributed by atoms with Crippen LogP contribution in [0, 0.1) is 0 Å². The lowest BCUT2D eigenvalue weighted by Crippen LogP contribution is -2.33. The molecule has 0 saturated heterocycles. The second-order valence-electron chi connectivity index (χ2n) is 5.06. The van der Waals surface area contributed by atoms with E-state index in [0.29, 0.717) is 11.6 Å². The summed E-state index contributed by atoms with van der Waals surface area (Å²) < 4.78 is 0.156. The molecule has 5 nitrogen and oxygen atoms in total. The van der Waals surface area contributed by atoms with E-state index in [1.54, 1.807) is 11.8 Å². The summed E-state index contributed by atoms with van der Waals surface area (Å²) in [6.45, 7) is 2.25. The van der Waals surface area contributed by atoms with Crippen LogP contribution in [0.2, 0.25) is 4.34 Å². The van der Waals surface area contributed by atoms with E-state index in [9.17, 15) is 9.59 Å². The molecule has 1 aliphatic rings. The van der Waals surface area contributed by atoms with Crippen LogP contribution in [-0.4, -0.2) is 28.5 Å². The second-order valence-corrected chi connectivity index (χ2v) is 6.67. The zero-order chi connectivity index (χ0) is 15.9. The minimum atomic E-state index is -1.14. The predicted molar refractivity (Wildman–Crippen MR) is 85.9 cm³/mol. The molecule has 2 heterocycles. The van der Waals surface area contributed by atoms with Crippen molar-refractivity contribution in [2.24, 2.45) is 0 Å². The highest BCUT2D eigenvalue weighted by atomic mass is 35.5. The van der Waals surface area contributed by atoms with Gasteiger partial charge in [-0.3, -0.25) is 4.79 Å². The summed E-state index contributed by atoms with van der Waals surface area (Å²) in [4.78, 5) is 28.6. The lowest BCUT2D eigenvalue weighted by Gasteiger charge is -2.28. The summed E-state index contributed by atoms with van der Waals surface area (Å²) in [5.74, 6) is -1.14. The van der Waals surface area contributed by atoms with Gasteiger partial charge in [0.1, 0.15) is 9.34 Å². The first-order valence-corrected chi connectivity index (χ1v) is 7.98. The molecule has 22 heavy (non-hydrogen) atoms. The van der Waals surface area contributed by atoms with Crippen LogP contribution in [0.5, 0.6) is 0 Å². The van der Waals surface area contributed by atoms with Gasteiger partial charge in [0.05, 0.1) is 0 Å². The number of hydrogen-bond acceptors (Lipinski definition) is 4. The van der Waals surface area contributed by atoms with Gasteiger partial charge < -0.3 is 10.0 Å². The number of nitrogens with zero attached hydrogens (tertiary/aromatic N) is 2. The molecule has 1 aliphatic heterocycles. The molecular formula is C15H13ClN2O3S. The number of halogens is 1. The number of carboxylic acid groups (broad SMARTS) is 1. The molecule has 0 bridgehead atoms. The molecule has 1 aromatic heterocycles. The first-order chi connectivity index (χ1) is 10.5. The Bertz CT molecular complexity index is 772. The van der Waals surface area contributed by atoms with Crippen molar-refractivity contribution in [3.8, 4) is 10.6 Å². The summed E-state index contributed by atoms with van der Waals surface area (Å²) in [6, 6.07) is 5.75. The Kier molecular flexibility index (Phi) is 3.88. The van der Waals surface area contributed by atoms with Crippen LogP contribution in [0.1, 0.15) is 29.4 Å². The number of anilines is 1. The van der Waals surface area contributed by atoms with Gasteiger partial charge in [-0.05, 0) is 24.5 Å². The van der Waals surface area contributed by atoms with Gasteiger partial charge in [-0.1, -0.05) is 23.7 Å². The number of hydrogen-bond donors (Lipinski definition) is 1. The fourth-order valence-corrected chi connectivity index (χ4v) is 3.72. The molecule has 114 valence electrons. The lowest BCUT2D eigenvalue weighted by atomic mass is 9.99. The predicted octanol–water partition coefficient (Wildman–Crippen LogP) is 3.46. The molecule has 0 radical (unpaired) electrons. The maximum absolute atomic E-state index is 11.8. The zero-order valence-corrected chi connectivity index (χ0v) is 13.4. The number of thiazole rings is 1. The van der Waals surface area contributed by atoms with Crippen LogP contribution in [0.3, 0.4) is 0 Å². The second kappa shape index (κ2) is 5.70. The SMILES string of the molecule is CC(=O)N1CCCc2ccc(-c3nc(C(=O)O)c(Cl)s3)cc21. The molecule has 0 spiro atoms. The van der Waals surface area contributed by atoms with Crippen molar-refractivity contribution in [3.63, 3.8) is 0 Å². The van der Waals surface area contributed by atoms with Crippen molar-refractivity contribution in [1.82, 2.24) is 4.98 Å². The molecule has 1 amide bonds. The molecule has 0 atom stereocenters. The fraction of sp³-hybridized carbons (Fsp3) is 0.267. The largest absolute Gasteiger partial charge is 0.476 e. The third-order valence-electron chi connectivity index (χ3n) is 3.62. The van der Waals surface area contributed by atoms with Crippen LogP contribution < -0.4 is 4.90 Å². The van der Waals surface area contributed by atoms with Crippen molar-refractivity contribution in [2.75, 3.05) is 11.4 Å². The highest BCUT2D eigenvalue weighted by molar-refractivity contribution is 7.19. The number of benzene rings is 1. The van der Waals surface area contributed by atoms with Crippen LogP contribution in [0.25, 0.3) is 10.6 Å². The van der Waals surface area contributed by atoms with E-state index in [2.05, 4.69) is 4.98 Å². The van der Waals surface area contributed by atoms with Gasteiger partial charge >= 0.3 is 5.97 Å². The summed E-state index contributed by atoms with van der Waals surface area (Å²) in [6.07, 6.45) is 1.87. The monoisotopic (exact) mass is 336 g/mol. The molecule has 2 aromatic rings. The van der Waals surface area contributed by atoms with Gasteiger partial charge in [0.2, 0.25) is 5.91 Å². The minimum Gasteiger partial charge on any atom is -0.476 e. The van der Waals surface area contributed by atoms with Gasteiger partial charge in [0, 0.05) is 24.7 Å². The number of aryl methyl sites for hydroxylation is 1. The topological polar surface area (TPSA) is 70.5 Å². The summed E-state index contributed by atoms with van der Waals surface area (Å²) in [5.41, 5.74) is 2.62. The summed E-state index contributed by atoms with van der Waals surface area (Å²) in [5, 5.41) is 9.58. The Hall–Kier alpha value is -1.92. The Balaban J connectivity index is 2.06. The Morgan fingerprint density at radius 2 is 2.18 bits per heavy atom. The molecule has 1 aromatic carbocycles. The number of rotatable bonds is 2. The number of carboxylic acids is 1. The Labute approximate surface area is 136 Å². The standard InChI is InChI=1S/C15H13ClN2O3S/c1-8(19)18-6-2-3-9-4-5-10(7-11(9)18)14-17-12(15(20)21)13(16)22-14/h4-5,7H,2-3,6H2,1H3,(H,20,21). The normalized spacial score (nSPS) is 13.8. The smallest absolute Gasteiger partial charge is 0.356 e. The van der Waals surface area contributed by atoms with E-state index in [0.717, 1.165) is 41.0 Å². The van der Waals surface area contributed by atoms with E-state index >= 15 is 0 Å². The van der Waals surface area contributed by atoms with Crippen LogP contribution in [0.4, 0.5) is 5.69 Å². The molecule has 0 fully saturated rings. The average Bonchev–Trinajstić information content (AvgIpc) is 2.88. The van der Waals surface area contributed by atoms with Crippen molar-refractivity contribution in [1.29, 1.82) is 0 Å². The molecule has 0 saturated carbocycles. The minimum absolute atomic E-state index is 0.00139. The van der Waals surface area contributed by atoms with E-state index in [1.165, 1.54) is 0 Å². The Morgan fingerprint density at radius 1 is 1.41 bits per heavy atom. The Morgan fingerprint density at radius 3 is 2.82 bits per heavy atom. The molecule has 0 unspecified atom stereocenters. The van der Waals surface area contributed by atoms with Gasteiger partial charge in [0.25, 0.3) is 0 Å². The van der Waals surface area contributed by atoms with Gasteiger partial charge in [-0.15, -0.1) is 11.3 Å². The highest BCUT2D eigenvalue weighted by Gasteiger charge is 2.22. The number of carbonyl (C=O) groups is 2. The van der Waals surface area contributed by atoms with Crippen LogP contribution in [-0.2, 0) is 11.2 Å². The molecule has 7 heteroatoms. The van der Waals surface area contributed by atoms with E-state index < -0.39 is 5.97 Å². The third kappa shape index (κ3) is 2.60. The third-order valence-corrected chi connectivity index (χ3v) is 4.92. The molecule has 0 aliphatic carbocycles. The fourth-order valence-electron chi connectivity index (χ4n) is 2.59. The zero-order valence-electron chi connectivity index (χ0n) is 11.8. The average molecular weight is 337 g/mol. The molecule has 3 rings (SSSR count). The lowest BCUT2D eigenvalue weighted by molar-refractivity contribution is -0.116. The number of aromatic nitrogens is 1. The number of aromatic carboxylic acids is 1. The number of amides is 1. The number of fused-ring (bicyclic) bond motifs is 1. The van der Waals surface area contributed by atoms with E-state index in [1.807, 2.05) is 18.2 Å². The molecule has 1 N–H and O–H groups in total. The quantitative estimate of drug-likeness (QED) is 0.911. The van der Waals surface area contributed by atoms with Crippen LogP contribution in [0.15, 0.2) is 18.2 Å². The van der Waals surface area contributed by atoms with Crippen LogP contribution >= 0.6 is 22.9 Å². The summed E-state index contributed by atoms with van der Waals surface area (Å²) >= 11 is 7.05. The summed E-state index contributed by atoms with van der Waals surface area (Å²) in [7, 11) is 0. The highest BCUT2D eigenvalue weighted by Crippen LogP contribution is 2.36. The maximum atomic E-state index is 11.8. The van der Waals surface area contributed by atoms with E-state index in [-0.39, 0.29) is 15.9 Å². The van der Waals surface area contributed by atoms with Crippen molar-refractivity contribution in [3.05, 3.63) is 33.8 Å². The van der Waals surface area contributed by atoms with Crippen molar-refractivity contribution >= 4 is 40.5 Å². The van der Waals surface area contributed by atoms with Gasteiger partial charge in [0.15, 0.2) is 5.69 Å². The first-order valence-electron chi connectivity index (χ1n) is 6.78. The molecular weight excluding hydrogens is 324 g/mol. The van der Waals surface area contributed by atoms with Gasteiger partial charge in [-0.25, -0.2) is 9.78 Å². The maximum Gasteiger partial charge on any atom is 0.356 e. The van der Waals surface area contributed by atoms with Crippen molar-refractivity contribution in [2.45, 2.75) is 19.8 Å². The van der Waals surface area contributed by atoms with Gasteiger partial charge in [-0.2, -0.15) is 0 Å². The van der Waals surface area contributed by atoms with Crippen molar-refractivity contribution < 1.29 is 14.7 Å². The number of carbonyl (C=O) groups excluding carboxylic acids is 1.